The average Bonchev–Trinajstić information content (AvgIpc) is 3.20. The molecular formula is C21H22N4O2S. The number of carbonyl (C=O) groups excluding carboxylic acids is 2. The van der Waals surface area contributed by atoms with Gasteiger partial charge < -0.3 is 10.6 Å². The Kier molecular flexibility index (Phi) is 6.49. The van der Waals surface area contributed by atoms with Crippen LogP contribution in [0.3, 0.4) is 0 Å². The van der Waals surface area contributed by atoms with E-state index < -0.39 is 6.04 Å². The third-order valence-electron chi connectivity index (χ3n) is 4.17. The fourth-order valence-corrected chi connectivity index (χ4v) is 3.62. The fraction of sp³-hybridized carbons (Fsp3) is 0.190. The van der Waals surface area contributed by atoms with Crippen molar-refractivity contribution in [1.29, 1.82) is 0 Å². The van der Waals surface area contributed by atoms with Crippen molar-refractivity contribution >= 4 is 29.3 Å². The fourth-order valence-electron chi connectivity index (χ4n) is 2.69. The second kappa shape index (κ2) is 9.23. The number of benzene rings is 2. The molecule has 1 aromatic heterocycles. The second-order valence-electron chi connectivity index (χ2n) is 6.45. The van der Waals surface area contributed by atoms with Gasteiger partial charge in [0.2, 0.25) is 5.91 Å². The summed E-state index contributed by atoms with van der Waals surface area (Å²) in [6, 6.07) is 14.5. The maximum Gasteiger partial charge on any atom is 0.251 e. The highest BCUT2D eigenvalue weighted by molar-refractivity contribution is 8.00. The number of thioether (sulfide) groups is 1. The molecule has 0 saturated carbocycles. The van der Waals surface area contributed by atoms with Crippen LogP contribution in [-0.4, -0.2) is 27.8 Å². The molecule has 0 bridgehead atoms. The molecule has 3 rings (SSSR count). The van der Waals surface area contributed by atoms with Crippen LogP contribution in [0.15, 0.2) is 65.8 Å². The highest BCUT2D eigenvalue weighted by Crippen LogP contribution is 2.24. The number of amides is 2. The number of carbonyl (C=O) groups is 2. The maximum atomic E-state index is 12.7. The minimum absolute atomic E-state index is 0.206. The molecular weight excluding hydrogens is 372 g/mol. The van der Waals surface area contributed by atoms with Crippen molar-refractivity contribution in [3.05, 3.63) is 77.6 Å². The number of rotatable bonds is 7. The molecule has 0 aliphatic heterocycles. The Balaban J connectivity index is 1.69. The lowest BCUT2D eigenvalue weighted by Gasteiger charge is -2.18. The van der Waals surface area contributed by atoms with Gasteiger partial charge in [0.25, 0.3) is 5.91 Å². The number of aromatic amines is 1. The van der Waals surface area contributed by atoms with E-state index in [2.05, 4.69) is 26.9 Å². The molecule has 0 aliphatic rings. The molecule has 0 radical (unpaired) electrons. The minimum Gasteiger partial charge on any atom is -0.340 e. The van der Waals surface area contributed by atoms with Crippen molar-refractivity contribution in [2.45, 2.75) is 24.8 Å². The monoisotopic (exact) mass is 394 g/mol. The first-order valence-corrected chi connectivity index (χ1v) is 9.85. The third-order valence-corrected chi connectivity index (χ3v) is 5.33. The largest absolute Gasteiger partial charge is 0.340 e. The van der Waals surface area contributed by atoms with Gasteiger partial charge >= 0.3 is 0 Å². The van der Waals surface area contributed by atoms with Gasteiger partial charge in [-0.1, -0.05) is 48.0 Å². The second-order valence-corrected chi connectivity index (χ2v) is 7.46. The van der Waals surface area contributed by atoms with Gasteiger partial charge in [-0.05, 0) is 31.0 Å². The molecule has 144 valence electrons. The molecule has 0 fully saturated rings. The topological polar surface area (TPSA) is 86.9 Å². The zero-order valence-corrected chi connectivity index (χ0v) is 16.5. The summed E-state index contributed by atoms with van der Waals surface area (Å²) in [7, 11) is 0. The summed E-state index contributed by atoms with van der Waals surface area (Å²) in [4.78, 5) is 26.4. The first-order valence-electron chi connectivity index (χ1n) is 8.87. The van der Waals surface area contributed by atoms with E-state index >= 15 is 0 Å². The van der Waals surface area contributed by atoms with Crippen molar-refractivity contribution in [3.63, 3.8) is 0 Å². The normalized spacial score (nSPS) is 11.6. The van der Waals surface area contributed by atoms with Gasteiger partial charge in [0.15, 0.2) is 0 Å². The van der Waals surface area contributed by atoms with Gasteiger partial charge in [-0.2, -0.15) is 5.10 Å². The number of nitrogens with zero attached hydrogens (tertiary/aromatic N) is 1. The number of aromatic nitrogens is 2. The standard InChI is InChI=1S/C21H22N4O2S/c1-14-8-9-15(2)18(10-14)28-13-19(26)25-20(16-6-4-3-5-7-16)21(27)24-17-11-22-23-12-17/h3-12,20H,13H2,1-2H3,(H,22,23)(H,24,27)(H,25,26). The van der Waals surface area contributed by atoms with Crippen LogP contribution < -0.4 is 10.6 Å². The minimum atomic E-state index is -0.789. The first-order chi connectivity index (χ1) is 13.5. The number of H-pyrrole nitrogens is 1. The van der Waals surface area contributed by atoms with Gasteiger partial charge in [-0.15, -0.1) is 11.8 Å². The lowest BCUT2D eigenvalue weighted by molar-refractivity contribution is -0.125. The van der Waals surface area contributed by atoms with Crippen molar-refractivity contribution in [1.82, 2.24) is 15.5 Å². The predicted octanol–water partition coefficient (Wildman–Crippen LogP) is 3.61. The summed E-state index contributed by atoms with van der Waals surface area (Å²) in [6.45, 7) is 4.04. The molecule has 3 N–H and O–H groups in total. The van der Waals surface area contributed by atoms with Crippen LogP contribution in [0.25, 0.3) is 0 Å². The summed E-state index contributed by atoms with van der Waals surface area (Å²) in [6.07, 6.45) is 3.09. The Morgan fingerprint density at radius 3 is 2.64 bits per heavy atom. The van der Waals surface area contributed by atoms with Crippen LogP contribution in [0.5, 0.6) is 0 Å². The number of hydrogen-bond donors (Lipinski definition) is 3. The van der Waals surface area contributed by atoms with Crippen molar-refractivity contribution in [3.8, 4) is 0 Å². The smallest absolute Gasteiger partial charge is 0.251 e. The van der Waals surface area contributed by atoms with Crippen LogP contribution in [0.1, 0.15) is 22.7 Å². The quantitative estimate of drug-likeness (QED) is 0.534. The van der Waals surface area contributed by atoms with E-state index in [1.54, 1.807) is 6.20 Å². The summed E-state index contributed by atoms with van der Waals surface area (Å²) in [5, 5.41) is 12.1. The van der Waals surface area contributed by atoms with Gasteiger partial charge in [-0.25, -0.2) is 0 Å². The molecule has 0 saturated heterocycles. The van der Waals surface area contributed by atoms with E-state index in [1.807, 2.05) is 56.3 Å². The van der Waals surface area contributed by atoms with E-state index in [-0.39, 0.29) is 17.6 Å². The molecule has 0 aliphatic carbocycles. The van der Waals surface area contributed by atoms with Crippen LogP contribution in [0.2, 0.25) is 0 Å². The molecule has 0 spiro atoms. The van der Waals surface area contributed by atoms with Crippen LogP contribution in [0.4, 0.5) is 5.69 Å². The lowest BCUT2D eigenvalue weighted by Crippen LogP contribution is -2.37. The van der Waals surface area contributed by atoms with E-state index in [4.69, 9.17) is 0 Å². The van der Waals surface area contributed by atoms with E-state index in [0.29, 0.717) is 11.3 Å². The molecule has 1 unspecified atom stereocenters. The SMILES string of the molecule is Cc1ccc(C)c(SCC(=O)NC(C(=O)Nc2cn[nH]c2)c2ccccc2)c1. The van der Waals surface area contributed by atoms with Crippen molar-refractivity contribution in [2.75, 3.05) is 11.1 Å². The Bertz CT molecular complexity index is 942. The zero-order valence-electron chi connectivity index (χ0n) is 15.7. The number of hydrogen-bond acceptors (Lipinski definition) is 4. The van der Waals surface area contributed by atoms with Crippen LogP contribution in [0, 0.1) is 13.8 Å². The molecule has 7 heteroatoms. The number of nitrogens with one attached hydrogen (secondary N) is 3. The zero-order chi connectivity index (χ0) is 19.9. The highest BCUT2D eigenvalue weighted by atomic mass is 32.2. The van der Waals surface area contributed by atoms with Gasteiger partial charge in [0, 0.05) is 11.1 Å². The van der Waals surface area contributed by atoms with Gasteiger partial charge in [0.05, 0.1) is 17.6 Å². The van der Waals surface area contributed by atoms with Crippen LogP contribution >= 0.6 is 11.8 Å². The van der Waals surface area contributed by atoms with Gasteiger partial charge in [-0.3, -0.25) is 14.7 Å². The van der Waals surface area contributed by atoms with E-state index in [1.165, 1.54) is 18.0 Å². The Morgan fingerprint density at radius 2 is 1.93 bits per heavy atom. The summed E-state index contributed by atoms with van der Waals surface area (Å²) in [5.74, 6) is -0.299. The van der Waals surface area contributed by atoms with E-state index in [9.17, 15) is 9.59 Å². The molecule has 2 aromatic carbocycles. The third kappa shape index (κ3) is 5.23. The van der Waals surface area contributed by atoms with Crippen molar-refractivity contribution in [2.24, 2.45) is 0 Å². The Labute approximate surface area is 168 Å². The number of aryl methyl sites for hydroxylation is 2. The molecule has 1 heterocycles. The number of anilines is 1. The average molecular weight is 395 g/mol. The maximum absolute atomic E-state index is 12.7. The Morgan fingerprint density at radius 1 is 1.14 bits per heavy atom. The molecule has 6 nitrogen and oxygen atoms in total. The summed E-state index contributed by atoms with van der Waals surface area (Å²) < 4.78 is 0. The van der Waals surface area contributed by atoms with Crippen LogP contribution in [-0.2, 0) is 9.59 Å². The Hall–Kier alpha value is -3.06. The van der Waals surface area contributed by atoms with Crippen molar-refractivity contribution < 1.29 is 9.59 Å². The molecule has 28 heavy (non-hydrogen) atoms. The molecule has 3 aromatic rings. The summed E-state index contributed by atoms with van der Waals surface area (Å²) in [5.41, 5.74) is 3.54. The highest BCUT2D eigenvalue weighted by Gasteiger charge is 2.23. The first kappa shape index (κ1) is 19.7. The summed E-state index contributed by atoms with van der Waals surface area (Å²) >= 11 is 1.46. The molecule has 2 amide bonds. The lowest BCUT2D eigenvalue weighted by atomic mass is 10.1. The van der Waals surface area contributed by atoms with Gasteiger partial charge in [0.1, 0.15) is 6.04 Å². The molecule has 1 atom stereocenters. The predicted molar refractivity (Wildman–Crippen MR) is 111 cm³/mol. The van der Waals surface area contributed by atoms with E-state index in [0.717, 1.165) is 16.0 Å².